The van der Waals surface area contributed by atoms with E-state index in [-0.39, 0.29) is 11.7 Å². The SMILES string of the molecule is CC(C)(C)OC(=O)N1CCCC1.NCC1CCC1. The lowest BCUT2D eigenvalue weighted by Gasteiger charge is -2.23. The van der Waals surface area contributed by atoms with Crippen molar-refractivity contribution in [2.75, 3.05) is 19.6 Å². The summed E-state index contributed by atoms with van der Waals surface area (Å²) in [7, 11) is 0. The standard InChI is InChI=1S/C9H17NO2.C5H11N/c1-9(2,3)12-8(11)10-6-4-5-7-10;6-4-5-2-1-3-5/h4-7H2,1-3H3;5H,1-4,6H2. The normalized spacial score (nSPS) is 19.9. The van der Waals surface area contributed by atoms with Gasteiger partial charge < -0.3 is 15.4 Å². The molecule has 0 bridgehead atoms. The maximum absolute atomic E-state index is 11.4. The first-order chi connectivity index (χ1) is 8.42. The number of carbonyl (C=O) groups is 1. The molecular weight excluding hydrogens is 228 g/mol. The highest BCUT2D eigenvalue weighted by molar-refractivity contribution is 5.68. The maximum Gasteiger partial charge on any atom is 0.410 e. The average Bonchev–Trinajstić information content (AvgIpc) is 2.66. The van der Waals surface area contributed by atoms with Crippen molar-refractivity contribution in [3.05, 3.63) is 0 Å². The Balaban J connectivity index is 0.000000225. The molecule has 1 saturated heterocycles. The molecule has 1 amide bonds. The minimum absolute atomic E-state index is 0.167. The van der Waals surface area contributed by atoms with Gasteiger partial charge in [0.15, 0.2) is 0 Å². The van der Waals surface area contributed by atoms with Crippen molar-refractivity contribution in [1.29, 1.82) is 0 Å². The fraction of sp³-hybridized carbons (Fsp3) is 0.929. The van der Waals surface area contributed by atoms with Gasteiger partial charge in [-0.25, -0.2) is 4.79 Å². The summed E-state index contributed by atoms with van der Waals surface area (Å²) in [6.07, 6.45) is 6.24. The van der Waals surface area contributed by atoms with E-state index in [1.807, 2.05) is 20.8 Å². The molecule has 1 saturated carbocycles. The van der Waals surface area contributed by atoms with Crippen LogP contribution in [0.4, 0.5) is 4.79 Å². The van der Waals surface area contributed by atoms with Crippen molar-refractivity contribution < 1.29 is 9.53 Å². The fourth-order valence-electron chi connectivity index (χ4n) is 1.95. The molecule has 1 aliphatic heterocycles. The van der Waals surface area contributed by atoms with Gasteiger partial charge in [-0.15, -0.1) is 0 Å². The summed E-state index contributed by atoms with van der Waals surface area (Å²) in [5, 5.41) is 0. The van der Waals surface area contributed by atoms with Crippen LogP contribution in [0.5, 0.6) is 0 Å². The highest BCUT2D eigenvalue weighted by Crippen LogP contribution is 2.24. The summed E-state index contributed by atoms with van der Waals surface area (Å²) in [5.74, 6) is 0.894. The van der Waals surface area contributed by atoms with E-state index in [9.17, 15) is 4.79 Å². The lowest BCUT2D eigenvalue weighted by molar-refractivity contribution is 0.0295. The summed E-state index contributed by atoms with van der Waals surface area (Å²) >= 11 is 0. The number of hydrogen-bond donors (Lipinski definition) is 1. The van der Waals surface area contributed by atoms with E-state index in [1.54, 1.807) is 4.90 Å². The van der Waals surface area contributed by atoms with Crippen LogP contribution in [-0.4, -0.2) is 36.2 Å². The van der Waals surface area contributed by atoms with Gasteiger partial charge in [0.25, 0.3) is 0 Å². The Hall–Kier alpha value is -0.770. The molecule has 18 heavy (non-hydrogen) atoms. The van der Waals surface area contributed by atoms with Gasteiger partial charge in [-0.3, -0.25) is 0 Å². The number of amides is 1. The number of carbonyl (C=O) groups excluding carboxylic acids is 1. The molecule has 2 N–H and O–H groups in total. The third-order valence-electron chi connectivity index (χ3n) is 3.32. The molecule has 1 heterocycles. The van der Waals surface area contributed by atoms with Crippen molar-refractivity contribution in [3.63, 3.8) is 0 Å². The number of nitrogens with two attached hydrogens (primary N) is 1. The van der Waals surface area contributed by atoms with Crippen LogP contribution in [0, 0.1) is 5.92 Å². The molecule has 0 aromatic heterocycles. The monoisotopic (exact) mass is 256 g/mol. The molecule has 0 aromatic rings. The quantitative estimate of drug-likeness (QED) is 0.785. The Kier molecular flexibility index (Phi) is 5.93. The predicted molar refractivity (Wildman–Crippen MR) is 73.4 cm³/mol. The van der Waals surface area contributed by atoms with Gasteiger partial charge in [0, 0.05) is 13.1 Å². The van der Waals surface area contributed by atoms with Crippen LogP contribution in [0.15, 0.2) is 0 Å². The summed E-state index contributed by atoms with van der Waals surface area (Å²) in [6.45, 7) is 8.30. The molecule has 0 aromatic carbocycles. The van der Waals surface area contributed by atoms with Gasteiger partial charge in [-0.1, -0.05) is 6.42 Å². The first-order valence-electron chi connectivity index (χ1n) is 7.10. The van der Waals surface area contributed by atoms with Crippen LogP contribution in [0.1, 0.15) is 52.9 Å². The number of nitrogens with zero attached hydrogens (tertiary/aromatic N) is 1. The molecule has 2 fully saturated rings. The summed E-state index contributed by atoms with van der Waals surface area (Å²) in [4.78, 5) is 13.1. The van der Waals surface area contributed by atoms with Crippen molar-refractivity contribution in [1.82, 2.24) is 4.90 Å². The molecular formula is C14H28N2O2. The van der Waals surface area contributed by atoms with E-state index in [0.29, 0.717) is 0 Å². The van der Waals surface area contributed by atoms with Gasteiger partial charge in [-0.2, -0.15) is 0 Å². The maximum atomic E-state index is 11.4. The third-order valence-corrected chi connectivity index (χ3v) is 3.32. The third kappa shape index (κ3) is 5.71. The van der Waals surface area contributed by atoms with Crippen LogP contribution in [0.3, 0.4) is 0 Å². The van der Waals surface area contributed by atoms with Gasteiger partial charge >= 0.3 is 6.09 Å². The van der Waals surface area contributed by atoms with Gasteiger partial charge in [0.05, 0.1) is 0 Å². The van der Waals surface area contributed by atoms with E-state index < -0.39 is 0 Å². The summed E-state index contributed by atoms with van der Waals surface area (Å²) in [6, 6.07) is 0. The Morgan fingerprint density at radius 2 is 1.78 bits per heavy atom. The first kappa shape index (κ1) is 15.3. The first-order valence-corrected chi connectivity index (χ1v) is 7.10. The van der Waals surface area contributed by atoms with Gasteiger partial charge in [-0.05, 0) is 58.9 Å². The minimum atomic E-state index is -0.361. The van der Waals surface area contributed by atoms with Gasteiger partial charge in [0.1, 0.15) is 5.60 Å². The van der Waals surface area contributed by atoms with E-state index in [0.717, 1.165) is 38.4 Å². The van der Waals surface area contributed by atoms with Crippen LogP contribution in [0.2, 0.25) is 0 Å². The molecule has 0 unspecified atom stereocenters. The topological polar surface area (TPSA) is 55.6 Å². The summed E-state index contributed by atoms with van der Waals surface area (Å²) in [5.41, 5.74) is 4.97. The van der Waals surface area contributed by atoms with Crippen LogP contribution in [-0.2, 0) is 4.74 Å². The largest absolute Gasteiger partial charge is 0.444 e. The fourth-order valence-corrected chi connectivity index (χ4v) is 1.95. The van der Waals surface area contributed by atoms with E-state index in [4.69, 9.17) is 10.5 Å². The lowest BCUT2D eigenvalue weighted by atomic mass is 9.86. The highest BCUT2D eigenvalue weighted by atomic mass is 16.6. The number of rotatable bonds is 1. The molecule has 2 aliphatic rings. The Morgan fingerprint density at radius 3 is 2.06 bits per heavy atom. The Bertz CT molecular complexity index is 248. The smallest absolute Gasteiger partial charge is 0.410 e. The lowest BCUT2D eigenvalue weighted by Crippen LogP contribution is -2.34. The number of likely N-dealkylation sites (tertiary alicyclic amines) is 1. The second-order valence-corrected chi connectivity index (χ2v) is 6.21. The zero-order chi connectivity index (χ0) is 13.6. The Morgan fingerprint density at radius 1 is 1.22 bits per heavy atom. The molecule has 4 heteroatoms. The molecule has 0 atom stereocenters. The molecule has 106 valence electrons. The van der Waals surface area contributed by atoms with Crippen molar-refractivity contribution in [2.24, 2.45) is 11.7 Å². The molecule has 0 radical (unpaired) electrons. The second-order valence-electron chi connectivity index (χ2n) is 6.21. The summed E-state index contributed by atoms with van der Waals surface area (Å²) < 4.78 is 5.21. The minimum Gasteiger partial charge on any atom is -0.444 e. The van der Waals surface area contributed by atoms with E-state index >= 15 is 0 Å². The Labute approximate surface area is 111 Å². The predicted octanol–water partition coefficient (Wildman–Crippen LogP) is 2.76. The second kappa shape index (κ2) is 6.98. The van der Waals surface area contributed by atoms with Crippen LogP contribution in [0.25, 0.3) is 0 Å². The highest BCUT2D eigenvalue weighted by Gasteiger charge is 2.23. The molecule has 2 rings (SSSR count). The zero-order valence-electron chi connectivity index (χ0n) is 12.1. The molecule has 1 aliphatic carbocycles. The van der Waals surface area contributed by atoms with Crippen LogP contribution >= 0.6 is 0 Å². The molecule has 4 nitrogen and oxygen atoms in total. The molecule has 0 spiro atoms. The van der Waals surface area contributed by atoms with Crippen molar-refractivity contribution >= 4 is 6.09 Å². The van der Waals surface area contributed by atoms with Crippen LogP contribution < -0.4 is 5.73 Å². The van der Waals surface area contributed by atoms with Crippen molar-refractivity contribution in [3.8, 4) is 0 Å². The zero-order valence-corrected chi connectivity index (χ0v) is 12.1. The number of hydrogen-bond acceptors (Lipinski definition) is 3. The number of ether oxygens (including phenoxy) is 1. The van der Waals surface area contributed by atoms with E-state index in [1.165, 1.54) is 19.3 Å². The van der Waals surface area contributed by atoms with Crippen molar-refractivity contribution in [2.45, 2.75) is 58.5 Å². The average molecular weight is 256 g/mol. The van der Waals surface area contributed by atoms with Gasteiger partial charge in [0.2, 0.25) is 0 Å². The van der Waals surface area contributed by atoms with E-state index in [2.05, 4.69) is 0 Å².